The van der Waals surface area contributed by atoms with E-state index in [1.165, 1.54) is 12.1 Å². The molecular weight excluding hydrogens is 293 g/mol. The Labute approximate surface area is 128 Å². The monoisotopic (exact) mass is 309 g/mol. The Hall–Kier alpha value is -1.95. The first-order chi connectivity index (χ1) is 10.1. The van der Waals surface area contributed by atoms with E-state index >= 15 is 0 Å². The fourth-order valence-corrected chi connectivity index (χ4v) is 2.16. The molecule has 21 heavy (non-hydrogen) atoms. The van der Waals surface area contributed by atoms with E-state index in [0.717, 1.165) is 13.1 Å². The van der Waals surface area contributed by atoms with Crippen molar-refractivity contribution >= 4 is 23.5 Å². The molecule has 0 aliphatic carbocycles. The molecule has 7 heteroatoms. The summed E-state index contributed by atoms with van der Waals surface area (Å²) in [6.45, 7) is 5.58. The van der Waals surface area contributed by atoms with Crippen molar-refractivity contribution in [3.63, 3.8) is 0 Å². The van der Waals surface area contributed by atoms with Crippen molar-refractivity contribution < 1.29 is 4.39 Å². The zero-order valence-corrected chi connectivity index (χ0v) is 12.9. The highest BCUT2D eigenvalue weighted by Crippen LogP contribution is 2.24. The molecule has 0 saturated carbocycles. The predicted molar refractivity (Wildman–Crippen MR) is 83.3 cm³/mol. The van der Waals surface area contributed by atoms with E-state index < -0.39 is 5.82 Å². The highest BCUT2D eigenvalue weighted by molar-refractivity contribution is 6.30. The van der Waals surface area contributed by atoms with Gasteiger partial charge in [0.2, 0.25) is 11.9 Å². The minimum Gasteiger partial charge on any atom is -0.357 e. The molecule has 0 radical (unpaired) electrons. The van der Waals surface area contributed by atoms with Crippen LogP contribution in [-0.4, -0.2) is 35.1 Å². The summed E-state index contributed by atoms with van der Waals surface area (Å²) in [5.41, 5.74) is 0.521. The largest absolute Gasteiger partial charge is 0.357 e. The molecule has 0 amide bonds. The summed E-state index contributed by atoms with van der Waals surface area (Å²) < 4.78 is 13.5. The van der Waals surface area contributed by atoms with Crippen molar-refractivity contribution in [1.82, 2.24) is 15.0 Å². The van der Waals surface area contributed by atoms with Gasteiger partial charge in [0.15, 0.2) is 5.82 Å². The van der Waals surface area contributed by atoms with Gasteiger partial charge in [0.05, 0.1) is 0 Å². The molecule has 0 aliphatic rings. The Bertz CT molecular complexity index is 611. The van der Waals surface area contributed by atoms with Crippen molar-refractivity contribution in [2.24, 2.45) is 0 Å². The van der Waals surface area contributed by atoms with Crippen LogP contribution in [0.3, 0.4) is 0 Å². The summed E-state index contributed by atoms with van der Waals surface area (Å²) >= 11 is 5.89. The molecule has 1 heterocycles. The summed E-state index contributed by atoms with van der Waals surface area (Å²) in [5.74, 6) is 0.947. The van der Waals surface area contributed by atoms with Crippen LogP contribution in [0.1, 0.15) is 13.8 Å². The first-order valence-corrected chi connectivity index (χ1v) is 7.10. The zero-order chi connectivity index (χ0) is 15.4. The summed E-state index contributed by atoms with van der Waals surface area (Å²) in [6.07, 6.45) is 0. The molecule has 112 valence electrons. The highest BCUT2D eigenvalue weighted by atomic mass is 35.5. The van der Waals surface area contributed by atoms with Crippen LogP contribution in [0.2, 0.25) is 5.02 Å². The van der Waals surface area contributed by atoms with Gasteiger partial charge < -0.3 is 10.2 Å². The van der Waals surface area contributed by atoms with Gasteiger partial charge in [-0.25, -0.2) is 4.39 Å². The lowest BCUT2D eigenvalue weighted by Crippen LogP contribution is -2.25. The molecule has 0 atom stereocenters. The van der Waals surface area contributed by atoms with Gasteiger partial charge in [-0.3, -0.25) is 0 Å². The Balaban J connectivity index is 2.54. The van der Waals surface area contributed by atoms with Crippen molar-refractivity contribution in [1.29, 1.82) is 0 Å². The van der Waals surface area contributed by atoms with Gasteiger partial charge in [-0.05, 0) is 32.0 Å². The number of halogens is 2. The standard InChI is InChI=1S/C14H17ClFN5/c1-4-21(5-2)14-19-12(18-13(17-3)20-14)9-6-10(15)8-11(16)7-9/h6-8H,4-5H2,1-3H3,(H,17,18,19,20). The highest BCUT2D eigenvalue weighted by Gasteiger charge is 2.13. The van der Waals surface area contributed by atoms with E-state index in [1.807, 2.05) is 18.7 Å². The molecule has 5 nitrogen and oxygen atoms in total. The second-order valence-electron chi connectivity index (χ2n) is 4.36. The molecule has 0 fully saturated rings. The predicted octanol–water partition coefficient (Wildman–Crippen LogP) is 3.22. The van der Waals surface area contributed by atoms with Gasteiger partial charge in [0.1, 0.15) is 5.82 Å². The van der Waals surface area contributed by atoms with E-state index in [4.69, 9.17) is 11.6 Å². The fourth-order valence-electron chi connectivity index (χ4n) is 1.94. The van der Waals surface area contributed by atoms with Crippen LogP contribution in [-0.2, 0) is 0 Å². The molecule has 0 saturated heterocycles. The topological polar surface area (TPSA) is 53.9 Å². The summed E-state index contributed by atoms with van der Waals surface area (Å²) in [5, 5.41) is 3.20. The van der Waals surface area contributed by atoms with Gasteiger partial charge in [0, 0.05) is 30.7 Å². The average molecular weight is 310 g/mol. The third-order valence-corrected chi connectivity index (χ3v) is 3.23. The molecule has 1 aromatic carbocycles. The maximum atomic E-state index is 13.5. The van der Waals surface area contributed by atoms with E-state index in [-0.39, 0.29) is 0 Å². The summed E-state index contributed by atoms with van der Waals surface area (Å²) in [6, 6.07) is 4.23. The molecule has 1 aromatic heterocycles. The molecule has 0 spiro atoms. The number of anilines is 2. The lowest BCUT2D eigenvalue weighted by molar-refractivity contribution is 0.628. The van der Waals surface area contributed by atoms with Crippen LogP contribution < -0.4 is 10.2 Å². The number of rotatable bonds is 5. The van der Waals surface area contributed by atoms with E-state index in [0.29, 0.717) is 28.3 Å². The van der Waals surface area contributed by atoms with E-state index in [1.54, 1.807) is 13.1 Å². The smallest absolute Gasteiger partial charge is 0.230 e. The summed E-state index contributed by atoms with van der Waals surface area (Å²) in [7, 11) is 1.73. The number of hydrogen-bond acceptors (Lipinski definition) is 5. The quantitative estimate of drug-likeness (QED) is 0.919. The van der Waals surface area contributed by atoms with Gasteiger partial charge in [0.25, 0.3) is 0 Å². The molecule has 0 aliphatic heterocycles. The second kappa shape index (κ2) is 6.67. The van der Waals surface area contributed by atoms with Crippen molar-refractivity contribution in [2.45, 2.75) is 13.8 Å². The minimum absolute atomic E-state index is 0.306. The maximum Gasteiger partial charge on any atom is 0.230 e. The van der Waals surface area contributed by atoms with E-state index in [2.05, 4.69) is 20.3 Å². The fraction of sp³-hybridized carbons (Fsp3) is 0.357. The second-order valence-corrected chi connectivity index (χ2v) is 4.80. The minimum atomic E-state index is -0.423. The lowest BCUT2D eigenvalue weighted by atomic mass is 10.2. The van der Waals surface area contributed by atoms with Gasteiger partial charge >= 0.3 is 0 Å². The molecule has 2 rings (SSSR count). The Morgan fingerprint density at radius 1 is 1.14 bits per heavy atom. The lowest BCUT2D eigenvalue weighted by Gasteiger charge is -2.19. The maximum absolute atomic E-state index is 13.5. The van der Waals surface area contributed by atoms with E-state index in [9.17, 15) is 4.39 Å². The molecule has 1 N–H and O–H groups in total. The first kappa shape index (κ1) is 15.4. The zero-order valence-electron chi connectivity index (χ0n) is 12.2. The van der Waals surface area contributed by atoms with Gasteiger partial charge in [-0.2, -0.15) is 15.0 Å². The first-order valence-electron chi connectivity index (χ1n) is 6.72. The normalized spacial score (nSPS) is 10.5. The van der Waals surface area contributed by atoms with Crippen LogP contribution in [0, 0.1) is 5.82 Å². The van der Waals surface area contributed by atoms with Crippen LogP contribution in [0.25, 0.3) is 11.4 Å². The van der Waals surface area contributed by atoms with Crippen molar-refractivity contribution in [3.8, 4) is 11.4 Å². The molecule has 0 bridgehead atoms. The van der Waals surface area contributed by atoms with Crippen LogP contribution in [0.15, 0.2) is 18.2 Å². The number of nitrogens with one attached hydrogen (secondary N) is 1. The van der Waals surface area contributed by atoms with Gasteiger partial charge in [-0.1, -0.05) is 11.6 Å². The average Bonchev–Trinajstić information content (AvgIpc) is 2.47. The van der Waals surface area contributed by atoms with Crippen LogP contribution in [0.5, 0.6) is 0 Å². The van der Waals surface area contributed by atoms with Crippen molar-refractivity contribution in [2.75, 3.05) is 30.4 Å². The number of hydrogen-bond donors (Lipinski definition) is 1. The van der Waals surface area contributed by atoms with Gasteiger partial charge in [-0.15, -0.1) is 0 Å². The van der Waals surface area contributed by atoms with Crippen LogP contribution in [0.4, 0.5) is 16.3 Å². The SMILES string of the molecule is CCN(CC)c1nc(NC)nc(-c2cc(F)cc(Cl)c2)n1. The Morgan fingerprint density at radius 3 is 2.43 bits per heavy atom. The molecule has 2 aromatic rings. The third kappa shape index (κ3) is 3.58. The van der Waals surface area contributed by atoms with Crippen LogP contribution >= 0.6 is 11.6 Å². The van der Waals surface area contributed by atoms with Crippen molar-refractivity contribution in [3.05, 3.63) is 29.0 Å². The number of nitrogens with zero attached hydrogens (tertiary/aromatic N) is 4. The number of aromatic nitrogens is 3. The Morgan fingerprint density at radius 2 is 1.86 bits per heavy atom. The molecule has 0 unspecified atom stereocenters. The third-order valence-electron chi connectivity index (χ3n) is 3.01. The molecular formula is C14H17ClFN5. The Kier molecular flexibility index (Phi) is 4.90. The number of benzene rings is 1. The summed E-state index contributed by atoms with van der Waals surface area (Å²) in [4.78, 5) is 15.0.